The lowest BCUT2D eigenvalue weighted by molar-refractivity contribution is 0.0697. The second kappa shape index (κ2) is 7.81. The zero-order valence-corrected chi connectivity index (χ0v) is 16.3. The average Bonchev–Trinajstić information content (AvgIpc) is 2.71. The number of pyridine rings is 1. The van der Waals surface area contributed by atoms with E-state index < -0.39 is 5.97 Å². The van der Waals surface area contributed by atoms with Gasteiger partial charge in [-0.3, -0.25) is 0 Å². The van der Waals surface area contributed by atoms with E-state index in [1.54, 1.807) is 36.4 Å². The lowest BCUT2D eigenvalue weighted by Crippen LogP contribution is -1.99. The fourth-order valence-electron chi connectivity index (χ4n) is 3.05. The fourth-order valence-corrected chi connectivity index (χ4v) is 3.31. The van der Waals surface area contributed by atoms with Crippen molar-refractivity contribution >= 4 is 39.8 Å². The van der Waals surface area contributed by atoms with Crippen LogP contribution in [0, 0.1) is 6.92 Å². The van der Waals surface area contributed by atoms with Gasteiger partial charge in [-0.15, -0.1) is 0 Å². The van der Waals surface area contributed by atoms with Gasteiger partial charge in [0.05, 0.1) is 16.3 Å². The van der Waals surface area contributed by atoms with Gasteiger partial charge < -0.3 is 15.2 Å². The van der Waals surface area contributed by atoms with E-state index >= 15 is 0 Å². The van der Waals surface area contributed by atoms with Crippen LogP contribution in [-0.4, -0.2) is 16.1 Å². The Kier molecular flexibility index (Phi) is 5.06. The first-order chi connectivity index (χ1) is 14.0. The summed E-state index contributed by atoms with van der Waals surface area (Å²) in [4.78, 5) is 15.7. The number of ether oxygens (including phenoxy) is 1. The lowest BCUT2D eigenvalue weighted by atomic mass is 10.1. The van der Waals surface area contributed by atoms with Crippen molar-refractivity contribution in [2.45, 2.75) is 6.92 Å². The molecule has 1 aromatic heterocycles. The van der Waals surface area contributed by atoms with Crippen LogP contribution in [0.15, 0.2) is 72.8 Å². The molecule has 3 aromatic carbocycles. The molecule has 4 aromatic rings. The molecule has 2 N–H and O–H groups in total. The lowest BCUT2D eigenvalue weighted by Gasteiger charge is -2.15. The molecule has 0 saturated carbocycles. The van der Waals surface area contributed by atoms with Crippen LogP contribution in [0.25, 0.3) is 10.9 Å². The molecule has 4 rings (SSSR count). The third-order valence-corrected chi connectivity index (χ3v) is 4.70. The Labute approximate surface area is 172 Å². The zero-order valence-electron chi connectivity index (χ0n) is 15.5. The maximum absolute atomic E-state index is 11.1. The molecular formula is C23H17ClN2O3. The van der Waals surface area contributed by atoms with E-state index in [0.717, 1.165) is 22.5 Å². The number of nitrogens with zero attached hydrogens (tertiary/aromatic N) is 1. The van der Waals surface area contributed by atoms with Crippen LogP contribution < -0.4 is 10.1 Å². The summed E-state index contributed by atoms with van der Waals surface area (Å²) < 4.78 is 6.03. The van der Waals surface area contributed by atoms with Crippen molar-refractivity contribution in [3.63, 3.8) is 0 Å². The summed E-state index contributed by atoms with van der Waals surface area (Å²) in [5.74, 6) is 0.342. The van der Waals surface area contributed by atoms with E-state index in [-0.39, 0.29) is 5.56 Å². The van der Waals surface area contributed by atoms with E-state index in [1.807, 2.05) is 43.3 Å². The Hall–Kier alpha value is -3.57. The molecule has 0 unspecified atom stereocenters. The van der Waals surface area contributed by atoms with Gasteiger partial charge in [0.1, 0.15) is 11.3 Å². The number of aromatic carboxylic acids is 1. The third kappa shape index (κ3) is 4.00. The van der Waals surface area contributed by atoms with E-state index in [1.165, 1.54) is 0 Å². The Bertz CT molecular complexity index is 1190. The minimum absolute atomic E-state index is 0.225. The van der Waals surface area contributed by atoms with Gasteiger partial charge in [0.25, 0.3) is 0 Å². The van der Waals surface area contributed by atoms with Crippen molar-refractivity contribution in [3.8, 4) is 11.5 Å². The number of hydrogen-bond acceptors (Lipinski definition) is 4. The molecule has 0 aliphatic rings. The maximum atomic E-state index is 11.1. The summed E-state index contributed by atoms with van der Waals surface area (Å²) in [7, 11) is 0. The minimum atomic E-state index is -0.965. The number of nitrogens with one attached hydrogen (secondary N) is 1. The second-order valence-electron chi connectivity index (χ2n) is 6.50. The van der Waals surface area contributed by atoms with E-state index in [4.69, 9.17) is 21.4 Å². The SMILES string of the molecule is Cc1cc(Nc2ccc(C(=O)O)cc2)c2c(Cl)ccc(Oc3ccccc3)c2n1. The van der Waals surface area contributed by atoms with E-state index in [2.05, 4.69) is 10.3 Å². The Balaban J connectivity index is 1.78. The number of fused-ring (bicyclic) bond motifs is 1. The standard InChI is InChI=1S/C23H17ClN2O3/c1-14-13-19(26-16-9-7-15(8-10-16)23(27)28)21-18(24)11-12-20(22(21)25-14)29-17-5-3-2-4-6-17/h2-13H,1H3,(H,25,26)(H,27,28). The molecule has 0 bridgehead atoms. The number of carboxylic acid groups (broad SMARTS) is 1. The molecule has 0 aliphatic carbocycles. The van der Waals surface area contributed by atoms with Crippen molar-refractivity contribution in [2.75, 3.05) is 5.32 Å². The zero-order chi connectivity index (χ0) is 20.4. The van der Waals surface area contributed by atoms with E-state index in [9.17, 15) is 4.79 Å². The van der Waals surface area contributed by atoms with Crippen LogP contribution in [-0.2, 0) is 0 Å². The summed E-state index contributed by atoms with van der Waals surface area (Å²) in [6, 6.07) is 21.5. The van der Waals surface area contributed by atoms with Gasteiger partial charge in [-0.05, 0) is 61.5 Å². The molecule has 29 heavy (non-hydrogen) atoms. The molecule has 6 heteroatoms. The molecule has 0 amide bonds. The number of aromatic nitrogens is 1. The minimum Gasteiger partial charge on any atom is -0.478 e. The molecule has 0 aliphatic heterocycles. The molecule has 144 valence electrons. The van der Waals surface area contributed by atoms with Crippen molar-refractivity contribution in [1.82, 2.24) is 4.98 Å². The highest BCUT2D eigenvalue weighted by atomic mass is 35.5. The van der Waals surface area contributed by atoms with E-state index in [0.29, 0.717) is 22.0 Å². The van der Waals surface area contributed by atoms with Gasteiger partial charge in [0, 0.05) is 16.8 Å². The van der Waals surface area contributed by atoms with Crippen LogP contribution in [0.3, 0.4) is 0 Å². The fraction of sp³-hybridized carbons (Fsp3) is 0.0435. The summed E-state index contributed by atoms with van der Waals surface area (Å²) in [5, 5.41) is 13.7. The van der Waals surface area contributed by atoms with Crippen LogP contribution in [0.5, 0.6) is 11.5 Å². The normalized spacial score (nSPS) is 10.7. The monoisotopic (exact) mass is 404 g/mol. The second-order valence-corrected chi connectivity index (χ2v) is 6.91. The van der Waals surface area contributed by atoms with Crippen LogP contribution >= 0.6 is 11.6 Å². The predicted octanol–water partition coefficient (Wildman–Crippen LogP) is 6.43. The van der Waals surface area contributed by atoms with Crippen molar-refractivity contribution < 1.29 is 14.6 Å². The van der Waals surface area contributed by atoms with Gasteiger partial charge in [-0.2, -0.15) is 0 Å². The van der Waals surface area contributed by atoms with Crippen molar-refractivity contribution in [3.05, 3.63) is 89.1 Å². The van der Waals surface area contributed by atoms with Crippen LogP contribution in [0.1, 0.15) is 16.1 Å². The highest BCUT2D eigenvalue weighted by molar-refractivity contribution is 6.36. The first-order valence-corrected chi connectivity index (χ1v) is 9.32. The number of aryl methyl sites for hydroxylation is 1. The third-order valence-electron chi connectivity index (χ3n) is 4.38. The largest absolute Gasteiger partial charge is 0.478 e. The molecule has 0 spiro atoms. The Morgan fingerprint density at radius 1 is 1.03 bits per heavy atom. The number of halogens is 1. The summed E-state index contributed by atoms with van der Waals surface area (Å²) in [6.45, 7) is 1.89. The Morgan fingerprint density at radius 3 is 2.45 bits per heavy atom. The maximum Gasteiger partial charge on any atom is 0.335 e. The van der Waals surface area contributed by atoms with Gasteiger partial charge >= 0.3 is 5.97 Å². The highest BCUT2D eigenvalue weighted by Gasteiger charge is 2.14. The average molecular weight is 405 g/mol. The molecule has 0 fully saturated rings. The summed E-state index contributed by atoms with van der Waals surface area (Å²) in [6.07, 6.45) is 0. The van der Waals surface area contributed by atoms with Gasteiger partial charge in [0.15, 0.2) is 5.75 Å². The number of benzene rings is 3. The molecule has 0 saturated heterocycles. The van der Waals surface area contributed by atoms with Crippen molar-refractivity contribution in [1.29, 1.82) is 0 Å². The van der Waals surface area contributed by atoms with Gasteiger partial charge in [-0.25, -0.2) is 9.78 Å². The number of hydrogen-bond donors (Lipinski definition) is 2. The predicted molar refractivity (Wildman–Crippen MR) is 115 cm³/mol. The van der Waals surface area contributed by atoms with Gasteiger partial charge in [0.2, 0.25) is 0 Å². The summed E-state index contributed by atoms with van der Waals surface area (Å²) >= 11 is 6.51. The number of rotatable bonds is 5. The molecule has 1 heterocycles. The first-order valence-electron chi connectivity index (χ1n) is 8.94. The molecule has 0 atom stereocenters. The van der Waals surface area contributed by atoms with Crippen LogP contribution in [0.4, 0.5) is 11.4 Å². The molecule has 0 radical (unpaired) electrons. The number of carbonyl (C=O) groups is 1. The highest BCUT2D eigenvalue weighted by Crippen LogP contribution is 2.38. The number of carboxylic acids is 1. The topological polar surface area (TPSA) is 71.5 Å². The van der Waals surface area contributed by atoms with Crippen molar-refractivity contribution in [2.24, 2.45) is 0 Å². The van der Waals surface area contributed by atoms with Gasteiger partial charge in [-0.1, -0.05) is 29.8 Å². The van der Waals surface area contributed by atoms with Crippen LogP contribution in [0.2, 0.25) is 5.02 Å². The first kappa shape index (κ1) is 18.8. The molecular weight excluding hydrogens is 388 g/mol. The quantitative estimate of drug-likeness (QED) is 0.401. The number of para-hydroxylation sites is 1. The number of anilines is 2. The smallest absolute Gasteiger partial charge is 0.335 e. The Morgan fingerprint density at radius 2 is 1.76 bits per heavy atom. The molecule has 5 nitrogen and oxygen atoms in total. The summed E-state index contributed by atoms with van der Waals surface area (Å²) in [5.41, 5.74) is 3.17.